The molecule has 1 aliphatic rings. The Balaban J connectivity index is 1.85. The highest BCUT2D eigenvalue weighted by Crippen LogP contribution is 2.33. The highest BCUT2D eigenvalue weighted by atomic mass is 79.9. The van der Waals surface area contributed by atoms with Gasteiger partial charge in [0, 0.05) is 20.2 Å². The molecule has 0 atom stereocenters. The van der Waals surface area contributed by atoms with Crippen molar-refractivity contribution in [2.24, 2.45) is 0 Å². The first-order valence-corrected chi connectivity index (χ1v) is 10.6. The minimum absolute atomic E-state index is 0.0483. The summed E-state index contributed by atoms with van der Waals surface area (Å²) in [7, 11) is 3.67. The second-order valence-corrected chi connectivity index (χ2v) is 8.21. The minimum Gasteiger partial charge on any atom is -0.440 e. The van der Waals surface area contributed by atoms with Gasteiger partial charge in [-0.15, -0.1) is 0 Å². The zero-order valence-corrected chi connectivity index (χ0v) is 19.2. The maximum Gasteiger partial charge on any atom is 0.270 e. The molecule has 6 nitrogen and oxygen atoms in total. The third-order valence-electron chi connectivity index (χ3n) is 4.66. The molecule has 1 aliphatic heterocycles. The Morgan fingerprint density at radius 1 is 0.903 bits per heavy atom. The van der Waals surface area contributed by atoms with Crippen LogP contribution in [0.2, 0.25) is 0 Å². The third-order valence-corrected chi connectivity index (χ3v) is 5.59. The first-order valence-electron chi connectivity index (χ1n) is 9.40. The average molecular weight is 496 g/mol. The van der Waals surface area contributed by atoms with Gasteiger partial charge in [0.15, 0.2) is 5.11 Å². The molecule has 2 aromatic carbocycles. The summed E-state index contributed by atoms with van der Waals surface area (Å²) in [5.74, 6) is -0.0568. The van der Waals surface area contributed by atoms with Crippen molar-refractivity contribution in [2.75, 3.05) is 28.8 Å². The van der Waals surface area contributed by atoms with Crippen molar-refractivity contribution in [3.8, 4) is 0 Å². The molecule has 1 aromatic heterocycles. The van der Waals surface area contributed by atoms with Crippen LogP contribution in [-0.2, 0) is 9.59 Å². The molecule has 31 heavy (non-hydrogen) atoms. The first kappa shape index (κ1) is 21.0. The van der Waals surface area contributed by atoms with Crippen LogP contribution in [0.15, 0.2) is 81.2 Å². The van der Waals surface area contributed by atoms with E-state index in [2.05, 4.69) is 15.9 Å². The lowest BCUT2D eigenvalue weighted by atomic mass is 10.1. The van der Waals surface area contributed by atoms with Crippen LogP contribution in [-0.4, -0.2) is 31.0 Å². The van der Waals surface area contributed by atoms with Crippen molar-refractivity contribution in [1.82, 2.24) is 0 Å². The SMILES string of the molecule is CN(C)c1oc(C=C2C(=O)N(c3ccccc3)C(=S)N(c3ccccc3)C2=O)cc1Br. The third kappa shape index (κ3) is 3.92. The number of para-hydroxylation sites is 2. The van der Waals surface area contributed by atoms with Crippen molar-refractivity contribution in [2.45, 2.75) is 0 Å². The smallest absolute Gasteiger partial charge is 0.270 e. The van der Waals surface area contributed by atoms with Crippen LogP contribution in [0.1, 0.15) is 5.76 Å². The maximum atomic E-state index is 13.4. The molecule has 1 fully saturated rings. The largest absolute Gasteiger partial charge is 0.440 e. The van der Waals surface area contributed by atoms with Crippen LogP contribution in [0.3, 0.4) is 0 Å². The number of hydrogen-bond acceptors (Lipinski definition) is 5. The molecule has 0 saturated carbocycles. The fourth-order valence-electron chi connectivity index (χ4n) is 3.23. The highest BCUT2D eigenvalue weighted by molar-refractivity contribution is 9.10. The van der Waals surface area contributed by atoms with E-state index < -0.39 is 11.8 Å². The van der Waals surface area contributed by atoms with Crippen molar-refractivity contribution in [3.05, 3.63) is 82.5 Å². The number of hydrogen-bond donors (Lipinski definition) is 0. The van der Waals surface area contributed by atoms with Gasteiger partial charge in [0.25, 0.3) is 11.8 Å². The molecule has 156 valence electrons. The lowest BCUT2D eigenvalue weighted by molar-refractivity contribution is -0.120. The van der Waals surface area contributed by atoms with Gasteiger partial charge in [0.1, 0.15) is 11.3 Å². The van der Waals surface area contributed by atoms with Crippen LogP contribution in [0.25, 0.3) is 6.08 Å². The van der Waals surface area contributed by atoms with Gasteiger partial charge in [-0.2, -0.15) is 0 Å². The Kier molecular flexibility index (Phi) is 5.75. The molecule has 2 heterocycles. The molecule has 2 amide bonds. The van der Waals surface area contributed by atoms with Crippen LogP contribution in [0, 0.1) is 0 Å². The molecular formula is C23H18BrN3O3S. The Morgan fingerprint density at radius 2 is 1.39 bits per heavy atom. The molecule has 0 aliphatic carbocycles. The normalized spacial score (nSPS) is 14.3. The summed E-state index contributed by atoms with van der Waals surface area (Å²) in [5.41, 5.74) is 1.10. The van der Waals surface area contributed by atoms with Gasteiger partial charge in [-0.05, 0) is 58.5 Å². The highest BCUT2D eigenvalue weighted by Gasteiger charge is 2.41. The topological polar surface area (TPSA) is 57.0 Å². The average Bonchev–Trinajstić information content (AvgIpc) is 3.13. The molecule has 1 saturated heterocycles. The van der Waals surface area contributed by atoms with Gasteiger partial charge in [-0.1, -0.05) is 36.4 Å². The van der Waals surface area contributed by atoms with E-state index in [-0.39, 0.29) is 10.7 Å². The standard InChI is InChI=1S/C23H18BrN3O3S/c1-25(2)22-19(24)14-17(30-22)13-18-20(28)26(15-9-5-3-6-10-15)23(31)27(21(18)29)16-11-7-4-8-12-16/h3-14H,1-2H3. The maximum absolute atomic E-state index is 13.4. The lowest BCUT2D eigenvalue weighted by Crippen LogP contribution is -2.56. The van der Waals surface area contributed by atoms with E-state index in [0.29, 0.717) is 23.0 Å². The summed E-state index contributed by atoms with van der Waals surface area (Å²) in [5, 5.41) is 0.0964. The van der Waals surface area contributed by atoms with Crippen molar-refractivity contribution >= 4 is 68.4 Å². The number of nitrogens with zero attached hydrogens (tertiary/aromatic N) is 3. The molecule has 0 radical (unpaired) electrons. The van der Waals surface area contributed by atoms with Crippen LogP contribution in [0.5, 0.6) is 0 Å². The van der Waals surface area contributed by atoms with Gasteiger partial charge >= 0.3 is 0 Å². The minimum atomic E-state index is -0.507. The van der Waals surface area contributed by atoms with E-state index in [1.54, 1.807) is 35.2 Å². The summed E-state index contributed by atoms with van der Waals surface area (Å²) in [6.45, 7) is 0. The number of rotatable bonds is 4. The van der Waals surface area contributed by atoms with E-state index in [0.717, 1.165) is 4.47 Å². The number of anilines is 3. The summed E-state index contributed by atoms with van der Waals surface area (Å²) in [4.78, 5) is 31.3. The van der Waals surface area contributed by atoms with E-state index in [4.69, 9.17) is 16.6 Å². The Labute approximate surface area is 193 Å². The van der Waals surface area contributed by atoms with E-state index in [9.17, 15) is 9.59 Å². The molecule has 0 bridgehead atoms. The quantitative estimate of drug-likeness (QED) is 0.294. The number of halogens is 1. The molecule has 0 spiro atoms. The summed E-state index contributed by atoms with van der Waals surface area (Å²) in [6.07, 6.45) is 1.45. The molecule has 0 unspecified atom stereocenters. The van der Waals surface area contributed by atoms with E-state index in [1.165, 1.54) is 15.9 Å². The zero-order chi connectivity index (χ0) is 22.1. The summed E-state index contributed by atoms with van der Waals surface area (Å²) in [6, 6.07) is 19.7. The van der Waals surface area contributed by atoms with Crippen LogP contribution >= 0.6 is 28.1 Å². The fourth-order valence-corrected chi connectivity index (χ4v) is 4.27. The number of benzene rings is 2. The summed E-state index contributed by atoms with van der Waals surface area (Å²) >= 11 is 9.03. The van der Waals surface area contributed by atoms with Crippen molar-refractivity contribution in [1.29, 1.82) is 0 Å². The molecule has 4 rings (SSSR count). The Bertz CT molecular complexity index is 1130. The van der Waals surface area contributed by atoms with Gasteiger partial charge < -0.3 is 9.32 Å². The van der Waals surface area contributed by atoms with Gasteiger partial charge in [0.05, 0.1) is 15.8 Å². The van der Waals surface area contributed by atoms with Crippen LogP contribution in [0.4, 0.5) is 17.3 Å². The molecule has 8 heteroatoms. The zero-order valence-electron chi connectivity index (χ0n) is 16.8. The van der Waals surface area contributed by atoms with E-state index in [1.807, 2.05) is 50.5 Å². The number of amides is 2. The fraction of sp³-hybridized carbons (Fsp3) is 0.0870. The predicted octanol–water partition coefficient (Wildman–Crippen LogP) is 4.86. The Hall–Kier alpha value is -3.23. The number of thiocarbonyl (C=S) groups is 1. The second-order valence-electron chi connectivity index (χ2n) is 6.99. The van der Waals surface area contributed by atoms with Crippen LogP contribution < -0.4 is 14.7 Å². The van der Waals surface area contributed by atoms with Gasteiger partial charge in [-0.3, -0.25) is 19.4 Å². The number of furan rings is 1. The molecule has 0 N–H and O–H groups in total. The number of carbonyl (C=O) groups is 2. The molecule has 3 aromatic rings. The number of carbonyl (C=O) groups excluding carboxylic acids is 2. The van der Waals surface area contributed by atoms with Crippen molar-refractivity contribution in [3.63, 3.8) is 0 Å². The van der Waals surface area contributed by atoms with Gasteiger partial charge in [-0.25, -0.2) is 0 Å². The van der Waals surface area contributed by atoms with Crippen molar-refractivity contribution < 1.29 is 14.0 Å². The van der Waals surface area contributed by atoms with Gasteiger partial charge in [0.2, 0.25) is 5.88 Å². The second kappa shape index (κ2) is 8.49. The molecular weight excluding hydrogens is 478 g/mol. The first-order chi connectivity index (χ1) is 14.9. The Morgan fingerprint density at radius 3 is 1.81 bits per heavy atom. The summed E-state index contributed by atoms with van der Waals surface area (Å²) < 4.78 is 6.53. The van der Waals surface area contributed by atoms with E-state index >= 15 is 0 Å². The monoisotopic (exact) mass is 495 g/mol. The predicted molar refractivity (Wildman–Crippen MR) is 129 cm³/mol. The lowest BCUT2D eigenvalue weighted by Gasteiger charge is -2.36.